The average molecular weight is 380 g/mol. The Bertz CT molecular complexity index is 898. The van der Waals surface area contributed by atoms with Gasteiger partial charge in [0.05, 0.1) is 6.04 Å². The lowest BCUT2D eigenvalue weighted by molar-refractivity contribution is 0.0936. The van der Waals surface area contributed by atoms with Crippen LogP contribution in [0, 0.1) is 0 Å². The molecule has 0 aliphatic heterocycles. The second-order valence-corrected chi connectivity index (χ2v) is 7.85. The number of nitrogens with one attached hydrogen (secondary N) is 3. The fourth-order valence-corrected chi connectivity index (χ4v) is 3.62. The van der Waals surface area contributed by atoms with Gasteiger partial charge in [0.1, 0.15) is 0 Å². The number of carbonyl (C=O) groups excluding carboxylic acids is 1. The minimum atomic E-state index is -3.57. The van der Waals surface area contributed by atoms with Crippen molar-refractivity contribution in [1.82, 2.24) is 10.0 Å². The molecule has 0 fully saturated rings. The zero-order valence-corrected chi connectivity index (χ0v) is 15.1. The predicted molar refractivity (Wildman–Crippen MR) is 98.0 cm³/mol. The molecule has 2 aromatic carbocycles. The minimum Gasteiger partial charge on any atom is -0.345 e. The first-order valence-electron chi connectivity index (χ1n) is 7.78. The fraction of sp³-hybridized carbons (Fsp3) is 0.235. The average Bonchev–Trinajstić information content (AvgIpc) is 2.97. The van der Waals surface area contributed by atoms with E-state index in [9.17, 15) is 13.2 Å². The van der Waals surface area contributed by atoms with Crippen LogP contribution in [0.3, 0.4) is 0 Å². The van der Waals surface area contributed by atoms with Crippen molar-refractivity contribution in [2.24, 2.45) is 0 Å². The van der Waals surface area contributed by atoms with E-state index in [1.807, 2.05) is 18.2 Å². The van der Waals surface area contributed by atoms with E-state index in [1.165, 1.54) is 7.05 Å². The molecule has 0 radical (unpaired) electrons. The molecule has 0 saturated carbocycles. The van der Waals surface area contributed by atoms with Crippen molar-refractivity contribution >= 4 is 33.4 Å². The summed E-state index contributed by atoms with van der Waals surface area (Å²) in [5.41, 5.74) is 3.10. The van der Waals surface area contributed by atoms with Crippen LogP contribution in [0.2, 0.25) is 5.02 Å². The van der Waals surface area contributed by atoms with Crippen LogP contribution in [0.1, 0.15) is 33.9 Å². The van der Waals surface area contributed by atoms with Gasteiger partial charge < -0.3 is 5.32 Å². The fourth-order valence-electron chi connectivity index (χ4n) is 2.87. The smallest absolute Gasteiger partial charge is 0.298 e. The summed E-state index contributed by atoms with van der Waals surface area (Å²) in [5.74, 6) is -0.198. The number of rotatable bonds is 5. The molecule has 0 heterocycles. The van der Waals surface area contributed by atoms with Crippen LogP contribution in [0.25, 0.3) is 0 Å². The molecule has 132 valence electrons. The van der Waals surface area contributed by atoms with Crippen LogP contribution in [0.15, 0.2) is 42.5 Å². The first-order valence-corrected chi connectivity index (χ1v) is 9.64. The SMILES string of the molecule is CNS(=O)(=O)Nc1ccc(C(=O)N[C@@H]2CCc3cc(Cl)ccc32)cc1. The van der Waals surface area contributed by atoms with E-state index in [0.717, 1.165) is 24.0 Å². The zero-order chi connectivity index (χ0) is 18.0. The van der Waals surface area contributed by atoms with Crippen molar-refractivity contribution in [3.63, 3.8) is 0 Å². The zero-order valence-electron chi connectivity index (χ0n) is 13.5. The predicted octanol–water partition coefficient (Wildman–Crippen LogP) is 2.63. The van der Waals surface area contributed by atoms with Gasteiger partial charge in [0, 0.05) is 23.3 Å². The minimum absolute atomic E-state index is 0.0396. The Balaban J connectivity index is 1.69. The Kier molecular flexibility index (Phi) is 4.99. The topological polar surface area (TPSA) is 87.3 Å². The Morgan fingerprint density at radius 1 is 1.16 bits per heavy atom. The van der Waals surface area contributed by atoms with Gasteiger partial charge in [-0.1, -0.05) is 17.7 Å². The van der Waals surface area contributed by atoms with Gasteiger partial charge >= 0.3 is 0 Å². The van der Waals surface area contributed by atoms with Crippen LogP contribution in [-0.4, -0.2) is 21.4 Å². The van der Waals surface area contributed by atoms with Crippen LogP contribution in [0.5, 0.6) is 0 Å². The van der Waals surface area contributed by atoms with Crippen LogP contribution >= 0.6 is 11.6 Å². The van der Waals surface area contributed by atoms with Crippen molar-refractivity contribution in [3.8, 4) is 0 Å². The molecule has 8 heteroatoms. The number of amides is 1. The van der Waals surface area contributed by atoms with Crippen molar-refractivity contribution in [2.45, 2.75) is 18.9 Å². The standard InChI is InChI=1S/C17H18ClN3O3S/c1-19-25(23,24)21-14-6-2-11(3-7-14)17(22)20-16-9-4-12-10-13(18)5-8-15(12)16/h2-3,5-8,10,16,19,21H,4,9H2,1H3,(H,20,22)/t16-/m1/s1. The molecule has 0 spiro atoms. The number of anilines is 1. The van der Waals surface area contributed by atoms with Gasteiger partial charge in [0.15, 0.2) is 0 Å². The molecule has 3 N–H and O–H groups in total. The van der Waals surface area contributed by atoms with Gasteiger partial charge in [0.25, 0.3) is 16.1 Å². The Morgan fingerprint density at radius 2 is 1.88 bits per heavy atom. The van der Waals surface area contributed by atoms with Crippen molar-refractivity contribution in [2.75, 3.05) is 11.8 Å². The summed E-state index contributed by atoms with van der Waals surface area (Å²) < 4.78 is 27.4. The number of halogens is 1. The molecule has 2 aromatic rings. The van der Waals surface area contributed by atoms with E-state index < -0.39 is 10.2 Å². The third-order valence-corrected chi connectivity index (χ3v) is 5.43. The molecule has 25 heavy (non-hydrogen) atoms. The summed E-state index contributed by atoms with van der Waals surface area (Å²) in [4.78, 5) is 12.4. The highest BCUT2D eigenvalue weighted by atomic mass is 35.5. The van der Waals surface area contributed by atoms with E-state index in [-0.39, 0.29) is 11.9 Å². The largest absolute Gasteiger partial charge is 0.345 e. The Labute approximate surface area is 151 Å². The lowest BCUT2D eigenvalue weighted by Crippen LogP contribution is -2.27. The highest BCUT2D eigenvalue weighted by Gasteiger charge is 2.24. The molecule has 1 aliphatic carbocycles. The van der Waals surface area contributed by atoms with E-state index in [1.54, 1.807) is 24.3 Å². The van der Waals surface area contributed by atoms with E-state index in [4.69, 9.17) is 11.6 Å². The normalized spacial score (nSPS) is 16.3. The third-order valence-electron chi connectivity index (χ3n) is 4.16. The van der Waals surface area contributed by atoms with Gasteiger partial charge in [-0.3, -0.25) is 9.52 Å². The van der Waals surface area contributed by atoms with Gasteiger partial charge in [0.2, 0.25) is 0 Å². The third kappa shape index (κ3) is 4.12. The Morgan fingerprint density at radius 3 is 2.56 bits per heavy atom. The number of benzene rings is 2. The van der Waals surface area contributed by atoms with Crippen LogP contribution in [0.4, 0.5) is 5.69 Å². The lowest BCUT2D eigenvalue weighted by Gasteiger charge is -2.14. The molecule has 3 rings (SSSR count). The summed E-state index contributed by atoms with van der Waals surface area (Å²) in [5, 5.41) is 3.72. The lowest BCUT2D eigenvalue weighted by atomic mass is 10.1. The first-order chi connectivity index (χ1) is 11.9. The Hall–Kier alpha value is -2.09. The number of aryl methyl sites for hydroxylation is 1. The van der Waals surface area contributed by atoms with Crippen molar-refractivity contribution < 1.29 is 13.2 Å². The molecule has 0 saturated heterocycles. The number of hydrogen-bond donors (Lipinski definition) is 3. The molecule has 1 atom stereocenters. The van der Waals surface area contributed by atoms with Crippen molar-refractivity contribution in [1.29, 1.82) is 0 Å². The highest BCUT2D eigenvalue weighted by Crippen LogP contribution is 2.33. The summed E-state index contributed by atoms with van der Waals surface area (Å²) in [6, 6.07) is 11.9. The second kappa shape index (κ2) is 7.03. The summed E-state index contributed by atoms with van der Waals surface area (Å²) in [6.07, 6.45) is 1.72. The molecule has 1 aliphatic rings. The van der Waals surface area contributed by atoms with Gasteiger partial charge in [-0.25, -0.2) is 4.72 Å². The molecule has 1 amide bonds. The molecule has 0 bridgehead atoms. The first kappa shape index (κ1) is 17.7. The number of fused-ring (bicyclic) bond motifs is 1. The van der Waals surface area contributed by atoms with E-state index in [0.29, 0.717) is 16.3 Å². The maximum atomic E-state index is 12.4. The number of hydrogen-bond acceptors (Lipinski definition) is 3. The van der Waals surface area contributed by atoms with Crippen molar-refractivity contribution in [3.05, 3.63) is 64.2 Å². The van der Waals surface area contributed by atoms with Gasteiger partial charge in [-0.05, 0) is 60.4 Å². The summed E-state index contributed by atoms with van der Waals surface area (Å²) in [7, 11) is -2.26. The molecular formula is C17H18ClN3O3S. The van der Waals surface area contributed by atoms with E-state index in [2.05, 4.69) is 14.8 Å². The quantitative estimate of drug-likeness (QED) is 0.746. The molecule has 0 aromatic heterocycles. The summed E-state index contributed by atoms with van der Waals surface area (Å²) in [6.45, 7) is 0. The summed E-state index contributed by atoms with van der Waals surface area (Å²) >= 11 is 6.00. The molecular weight excluding hydrogens is 362 g/mol. The van der Waals surface area contributed by atoms with Gasteiger partial charge in [-0.2, -0.15) is 8.42 Å². The monoisotopic (exact) mass is 379 g/mol. The maximum absolute atomic E-state index is 12.4. The maximum Gasteiger partial charge on any atom is 0.298 e. The number of carbonyl (C=O) groups is 1. The van der Waals surface area contributed by atoms with Gasteiger partial charge in [-0.15, -0.1) is 0 Å². The highest BCUT2D eigenvalue weighted by molar-refractivity contribution is 7.90. The van der Waals surface area contributed by atoms with Crippen LogP contribution in [-0.2, 0) is 16.6 Å². The molecule has 6 nitrogen and oxygen atoms in total. The second-order valence-electron chi connectivity index (χ2n) is 5.79. The van der Waals surface area contributed by atoms with E-state index >= 15 is 0 Å². The van der Waals surface area contributed by atoms with Crippen LogP contribution < -0.4 is 14.8 Å². The molecule has 0 unspecified atom stereocenters.